The highest BCUT2D eigenvalue weighted by Gasteiger charge is 2.44. The van der Waals surface area contributed by atoms with Crippen LogP contribution in [0.1, 0.15) is 45.0 Å². The van der Waals surface area contributed by atoms with Crippen molar-refractivity contribution in [3.05, 3.63) is 45.7 Å². The Hall–Kier alpha value is -4.30. The molecule has 242 valence electrons. The molecule has 2 saturated carbocycles. The molecule has 0 amide bonds. The fourth-order valence-corrected chi connectivity index (χ4v) is 8.08. The van der Waals surface area contributed by atoms with Crippen LogP contribution in [0.5, 0.6) is 23.0 Å². The van der Waals surface area contributed by atoms with Crippen LogP contribution in [0.4, 0.5) is 8.78 Å². The maximum atomic E-state index is 15.4. The molecule has 0 aliphatic heterocycles. The van der Waals surface area contributed by atoms with Gasteiger partial charge in [-0.1, -0.05) is 0 Å². The highest BCUT2D eigenvalue weighted by Crippen LogP contribution is 2.45. The highest BCUT2D eigenvalue weighted by molar-refractivity contribution is 7.21. The topological polar surface area (TPSA) is 146 Å². The van der Waals surface area contributed by atoms with Crippen molar-refractivity contribution in [3.63, 3.8) is 0 Å². The van der Waals surface area contributed by atoms with Gasteiger partial charge in [-0.15, -0.1) is 22.7 Å². The quantitative estimate of drug-likeness (QED) is 0.110. The Kier molecular flexibility index (Phi) is 8.59. The zero-order valence-electron chi connectivity index (χ0n) is 24.6. The van der Waals surface area contributed by atoms with Crippen molar-refractivity contribution in [1.82, 2.24) is 0 Å². The molecule has 2 aromatic heterocycles. The van der Waals surface area contributed by atoms with Gasteiger partial charge in [0.1, 0.15) is 13.2 Å². The van der Waals surface area contributed by atoms with Gasteiger partial charge in [-0.25, -0.2) is 8.78 Å². The summed E-state index contributed by atoms with van der Waals surface area (Å²) < 4.78 is 51.1. The number of thiophene rings is 2. The van der Waals surface area contributed by atoms with Gasteiger partial charge >= 0.3 is 11.9 Å². The monoisotopic (exact) mass is 674 g/mol. The van der Waals surface area contributed by atoms with Crippen LogP contribution < -0.4 is 9.47 Å². The minimum absolute atomic E-state index is 0.0673. The number of methoxy groups -OCH3 is 2. The molecule has 0 unspecified atom stereocenters. The van der Waals surface area contributed by atoms with Gasteiger partial charge in [0.2, 0.25) is 0 Å². The molecule has 0 radical (unpaired) electrons. The largest absolute Gasteiger partial charge is 0.504 e. The number of esters is 2. The van der Waals surface area contributed by atoms with Crippen molar-refractivity contribution < 1.29 is 57.1 Å². The molecule has 2 N–H and O–H groups in total. The predicted octanol–water partition coefficient (Wildman–Crippen LogP) is 6.03. The number of rotatable bonds is 11. The molecule has 46 heavy (non-hydrogen) atoms. The first kappa shape index (κ1) is 31.7. The van der Waals surface area contributed by atoms with E-state index in [9.17, 15) is 33.8 Å². The van der Waals surface area contributed by atoms with Crippen molar-refractivity contribution in [2.24, 2.45) is 23.7 Å². The number of ether oxygens (including phenoxy) is 4. The lowest BCUT2D eigenvalue weighted by atomic mass is 9.71. The first-order chi connectivity index (χ1) is 22.0. The SMILES string of the molecule is COC(=O)[C@@H]1CC[C@H]1C(=O)c1cc2c(F)c(OCCOC(=O)[C@@H]3CC[C@H]3C(=O)c3cc4c(F)c(OC)c(O)cc4s3)c(O)cc2s1. The summed E-state index contributed by atoms with van der Waals surface area (Å²) in [6.07, 6.45) is 1.92. The van der Waals surface area contributed by atoms with Crippen LogP contribution in [0.15, 0.2) is 24.3 Å². The molecular formula is C32H28F2O10S2. The second kappa shape index (κ2) is 12.5. The van der Waals surface area contributed by atoms with Crippen LogP contribution >= 0.6 is 22.7 Å². The summed E-state index contributed by atoms with van der Waals surface area (Å²) in [6, 6.07) is 5.35. The van der Waals surface area contributed by atoms with E-state index >= 15 is 4.39 Å². The molecule has 2 heterocycles. The number of phenolic OH excluding ortho intramolecular Hbond substituents is 2. The number of Topliss-reactive ketones (excluding diaryl/α,β-unsaturated/α-hetero) is 2. The highest BCUT2D eigenvalue weighted by atomic mass is 32.1. The van der Waals surface area contributed by atoms with Gasteiger partial charge in [0, 0.05) is 44.1 Å². The third-order valence-electron chi connectivity index (χ3n) is 8.69. The van der Waals surface area contributed by atoms with Crippen molar-refractivity contribution in [1.29, 1.82) is 0 Å². The normalized spacial score (nSPS) is 20.5. The first-order valence-electron chi connectivity index (χ1n) is 14.4. The third-order valence-corrected chi connectivity index (χ3v) is 10.9. The van der Waals surface area contributed by atoms with Gasteiger partial charge in [-0.05, 0) is 37.8 Å². The van der Waals surface area contributed by atoms with E-state index in [0.717, 1.165) is 22.7 Å². The number of phenols is 2. The Bertz CT molecular complexity index is 1900. The number of fused-ring (bicyclic) bond motifs is 2. The van der Waals surface area contributed by atoms with E-state index in [1.807, 2.05) is 0 Å². The molecule has 2 aliphatic carbocycles. The van der Waals surface area contributed by atoms with E-state index < -0.39 is 58.7 Å². The summed E-state index contributed by atoms with van der Waals surface area (Å²) in [5.74, 6) is -7.51. The first-order valence-corrected chi connectivity index (χ1v) is 16.1. The number of carbonyl (C=O) groups is 4. The van der Waals surface area contributed by atoms with Crippen molar-refractivity contribution in [2.45, 2.75) is 25.7 Å². The third kappa shape index (κ3) is 5.42. The van der Waals surface area contributed by atoms with Crippen LogP contribution in [0, 0.1) is 35.3 Å². The van der Waals surface area contributed by atoms with Gasteiger partial charge < -0.3 is 29.2 Å². The minimum Gasteiger partial charge on any atom is -0.504 e. The molecule has 0 saturated heterocycles. The van der Waals surface area contributed by atoms with Crippen LogP contribution in [0.25, 0.3) is 20.2 Å². The molecule has 10 nitrogen and oxygen atoms in total. The van der Waals surface area contributed by atoms with E-state index in [1.54, 1.807) is 0 Å². The lowest BCUT2D eigenvalue weighted by molar-refractivity contribution is -0.154. The zero-order chi connectivity index (χ0) is 32.9. The van der Waals surface area contributed by atoms with Gasteiger partial charge in [0.05, 0.1) is 35.8 Å². The number of benzene rings is 2. The molecule has 2 aromatic carbocycles. The molecule has 2 aliphatic rings. The van der Waals surface area contributed by atoms with Crippen LogP contribution in [0.2, 0.25) is 0 Å². The van der Waals surface area contributed by atoms with E-state index in [-0.39, 0.29) is 56.8 Å². The van der Waals surface area contributed by atoms with E-state index in [2.05, 4.69) is 0 Å². The fourth-order valence-electron chi connectivity index (χ4n) is 5.89. The van der Waals surface area contributed by atoms with Gasteiger partial charge in [0.15, 0.2) is 46.2 Å². The number of hydrogen-bond acceptors (Lipinski definition) is 12. The maximum Gasteiger partial charge on any atom is 0.309 e. The van der Waals surface area contributed by atoms with E-state index in [0.29, 0.717) is 35.1 Å². The van der Waals surface area contributed by atoms with Crippen LogP contribution in [-0.2, 0) is 19.1 Å². The molecule has 2 fully saturated rings. The summed E-state index contributed by atoms with van der Waals surface area (Å²) in [7, 11) is 2.48. The van der Waals surface area contributed by atoms with E-state index in [4.69, 9.17) is 18.9 Å². The summed E-state index contributed by atoms with van der Waals surface area (Å²) >= 11 is 2.01. The summed E-state index contributed by atoms with van der Waals surface area (Å²) in [5.41, 5.74) is 0. The fraction of sp³-hybridized carbons (Fsp3) is 0.375. The zero-order valence-corrected chi connectivity index (χ0v) is 26.2. The molecule has 6 rings (SSSR count). The summed E-state index contributed by atoms with van der Waals surface area (Å²) in [6.45, 7) is -0.586. The molecule has 0 bridgehead atoms. The van der Waals surface area contributed by atoms with Crippen LogP contribution in [0.3, 0.4) is 0 Å². The Morgan fingerprint density at radius 1 is 0.717 bits per heavy atom. The van der Waals surface area contributed by atoms with Crippen LogP contribution in [-0.4, -0.2) is 61.2 Å². The summed E-state index contributed by atoms with van der Waals surface area (Å²) in [5, 5.41) is 20.6. The summed E-state index contributed by atoms with van der Waals surface area (Å²) in [4.78, 5) is 51.3. The molecular weight excluding hydrogens is 646 g/mol. The maximum absolute atomic E-state index is 15.4. The number of halogens is 2. The predicted molar refractivity (Wildman–Crippen MR) is 163 cm³/mol. The Morgan fingerprint density at radius 2 is 1.20 bits per heavy atom. The molecule has 14 heteroatoms. The van der Waals surface area contributed by atoms with Gasteiger partial charge in [0.25, 0.3) is 0 Å². The molecule has 4 atom stereocenters. The minimum atomic E-state index is -0.884. The second-order valence-corrected chi connectivity index (χ2v) is 13.3. The smallest absolute Gasteiger partial charge is 0.309 e. The second-order valence-electron chi connectivity index (χ2n) is 11.2. The number of ketones is 2. The van der Waals surface area contributed by atoms with Crippen molar-refractivity contribution >= 4 is 66.4 Å². The average Bonchev–Trinajstić information content (AvgIpc) is 3.60. The Labute approximate surface area is 268 Å². The number of aromatic hydroxyl groups is 2. The molecule has 0 spiro atoms. The standard InChI is InChI=1S/C32H28F2O10S2/c1-41-29-19(35)11-21-17(25(29)33)9-23(45-21)28(38)14-4-6-16(14)32(40)44-8-7-43-30-20(36)12-22-18(26(30)34)10-24(46-22)27(37)13-3-5-15(13)31(39)42-2/h9-16,35-36H,3-8H2,1-2H3/t13-,14-,15-,16-/m1/s1. The van der Waals surface area contributed by atoms with Crippen molar-refractivity contribution in [2.75, 3.05) is 27.4 Å². The number of hydrogen-bond donors (Lipinski definition) is 2. The Balaban J connectivity index is 1.06. The average molecular weight is 675 g/mol. The van der Waals surface area contributed by atoms with Gasteiger partial charge in [-0.2, -0.15) is 0 Å². The van der Waals surface area contributed by atoms with Crippen molar-refractivity contribution in [3.8, 4) is 23.0 Å². The lowest BCUT2D eigenvalue weighted by Crippen LogP contribution is -2.39. The van der Waals surface area contributed by atoms with E-state index in [1.165, 1.54) is 38.5 Å². The van der Waals surface area contributed by atoms with Gasteiger partial charge in [-0.3, -0.25) is 19.2 Å². The molecule has 4 aromatic rings. The lowest BCUT2D eigenvalue weighted by Gasteiger charge is -2.33. The number of carbonyl (C=O) groups excluding carboxylic acids is 4. The Morgan fingerprint density at radius 3 is 1.67 bits per heavy atom.